The van der Waals surface area contributed by atoms with E-state index in [9.17, 15) is 0 Å². The number of aromatic nitrogens is 16. The summed E-state index contributed by atoms with van der Waals surface area (Å²) in [5, 5.41) is 0. The molecule has 6 aliphatic carbocycles. The predicted molar refractivity (Wildman–Crippen MR) is 504 cm³/mol. The van der Waals surface area contributed by atoms with Gasteiger partial charge >= 0.3 is 0 Å². The van der Waals surface area contributed by atoms with Crippen LogP contribution in [0.15, 0.2) is 293 Å². The fourth-order valence-electron chi connectivity index (χ4n) is 19.7. The van der Waals surface area contributed by atoms with E-state index in [-0.39, 0.29) is 0 Å². The summed E-state index contributed by atoms with van der Waals surface area (Å²) in [5.74, 6) is 0. The van der Waals surface area contributed by atoms with Gasteiger partial charge in [0.15, 0.2) is 34.2 Å². The smallest absolute Gasteiger partial charge is 0.264 e. The molecule has 18 aromatic rings. The Balaban J connectivity index is 0.0000000999. The first-order valence-corrected chi connectivity index (χ1v) is 43.9. The lowest BCUT2D eigenvalue weighted by molar-refractivity contribution is -0.663. The number of fused-ring (bicyclic) bond motifs is 18. The number of nitrogens with zero attached hydrogens (tertiary/aromatic N) is 16. The highest BCUT2D eigenvalue weighted by Gasteiger charge is 2.38. The summed E-state index contributed by atoms with van der Waals surface area (Å²) >= 11 is 0. The van der Waals surface area contributed by atoms with E-state index in [0.717, 1.165) is 89.8 Å². The Morgan fingerprint density at radius 3 is 0.945 bits per heavy atom. The Kier molecular flexibility index (Phi) is 22.4. The van der Waals surface area contributed by atoms with Crippen molar-refractivity contribution in [2.75, 3.05) is 0 Å². The van der Waals surface area contributed by atoms with Crippen molar-refractivity contribution >= 4 is 0 Å². The highest BCUT2D eigenvalue weighted by Crippen LogP contribution is 2.46. The van der Waals surface area contributed by atoms with Crippen LogP contribution in [-0.4, -0.2) is 49.8 Å². The van der Waals surface area contributed by atoms with Crippen molar-refractivity contribution < 1.29 is 27.4 Å². The minimum Gasteiger partial charge on any atom is -0.264 e. The van der Waals surface area contributed by atoms with Crippen LogP contribution in [0.4, 0.5) is 0 Å². The van der Waals surface area contributed by atoms with E-state index < -0.39 is 0 Å². The molecule has 10 heterocycles. The molecular formula is C112H102N16+6. The average Bonchev–Trinajstić information content (AvgIpc) is 1.62. The second-order valence-electron chi connectivity index (χ2n) is 34.4. The summed E-state index contributed by atoms with van der Waals surface area (Å²) < 4.78 is 12.8. The van der Waals surface area contributed by atoms with Crippen LogP contribution >= 0.6 is 0 Å². The van der Waals surface area contributed by atoms with E-state index in [2.05, 4.69) is 376 Å². The molecule has 0 amide bonds. The molecule has 8 aromatic carbocycles. The third-order valence-corrected chi connectivity index (χ3v) is 26.0. The Morgan fingerprint density at radius 1 is 0.203 bits per heavy atom. The molecule has 0 unspecified atom stereocenters. The molecule has 0 N–H and O–H groups in total. The molecule has 0 radical (unpaired) electrons. The summed E-state index contributed by atoms with van der Waals surface area (Å²) in [7, 11) is 12.4. The first-order chi connectivity index (χ1) is 62.3. The lowest BCUT2D eigenvalue weighted by Crippen LogP contribution is -2.33. The van der Waals surface area contributed by atoms with Gasteiger partial charge in [-0.15, -0.1) is 0 Å². The van der Waals surface area contributed by atoms with E-state index in [0.29, 0.717) is 0 Å². The van der Waals surface area contributed by atoms with Gasteiger partial charge < -0.3 is 0 Å². The van der Waals surface area contributed by atoms with Crippen LogP contribution < -0.4 is 27.4 Å². The molecule has 6 aliphatic rings. The summed E-state index contributed by atoms with van der Waals surface area (Å²) in [4.78, 5) is 45.7. The zero-order chi connectivity index (χ0) is 88.1. The van der Waals surface area contributed by atoms with Crippen molar-refractivity contribution in [3.63, 3.8) is 0 Å². The minimum absolute atomic E-state index is 0.858. The van der Waals surface area contributed by atoms with E-state index in [4.69, 9.17) is 9.97 Å². The summed E-state index contributed by atoms with van der Waals surface area (Å²) in [6.45, 7) is 17.2. The fraction of sp³-hybridized carbons (Fsp3) is 0.179. The maximum Gasteiger partial charge on any atom is 0.287 e. The molecule has 128 heavy (non-hydrogen) atoms. The molecule has 16 heteroatoms. The van der Waals surface area contributed by atoms with Gasteiger partial charge in [0.05, 0.1) is 87.1 Å². The first-order valence-electron chi connectivity index (χ1n) is 43.9. The van der Waals surface area contributed by atoms with Crippen molar-refractivity contribution in [3.05, 3.63) is 405 Å². The molecule has 24 rings (SSSR count). The monoisotopic (exact) mass is 1670 g/mol. The second-order valence-corrected chi connectivity index (χ2v) is 34.4. The molecule has 16 nitrogen and oxygen atoms in total. The molecule has 624 valence electrons. The van der Waals surface area contributed by atoms with Gasteiger partial charge in [0.25, 0.3) is 38.0 Å². The molecule has 10 aromatic heterocycles. The zero-order valence-electron chi connectivity index (χ0n) is 75.1. The maximum atomic E-state index is 4.72. The third kappa shape index (κ3) is 15.3. The van der Waals surface area contributed by atoms with Gasteiger partial charge in [-0.1, -0.05) is 188 Å². The molecule has 0 fully saturated rings. The number of benzene rings is 8. The van der Waals surface area contributed by atoms with Crippen molar-refractivity contribution in [1.82, 2.24) is 49.8 Å². The van der Waals surface area contributed by atoms with Crippen molar-refractivity contribution in [1.29, 1.82) is 0 Å². The van der Waals surface area contributed by atoms with Crippen LogP contribution in [0, 0.1) is 55.4 Å². The molecular weight excluding hydrogens is 1570 g/mol. The molecule has 0 atom stereocenters. The topological polar surface area (TPSA) is 152 Å². The SMILES string of the molecule is Cc1ccc2c(n1)Cc1c-2nc[n+](C)c1-c1ccccc1C.Cc1ccccc1-c1c2c(nc[n+]1C)-c1cccc(C)c1C2.Cc1ccccc1-c1c2c(nc[n+]1C)-c1ccccc1C2.Cc1ccccc1-c1c2c(nc[n+]1C)-c1cccnc1C2.Cc1ccccc1-c1c2c(nc[n+]1C)-c1ccncc1C2.Cc1ccccc1-c1c2c(nc[n+]1C)-c1cnccc1C2. The Labute approximate surface area is 748 Å². The maximum absolute atomic E-state index is 4.72. The lowest BCUT2D eigenvalue weighted by atomic mass is 9.99. The summed E-state index contributed by atoms with van der Waals surface area (Å²) in [6, 6.07) is 78.8. The third-order valence-electron chi connectivity index (χ3n) is 26.0. The number of aryl methyl sites for hydroxylation is 14. The number of rotatable bonds is 6. The Hall–Kier alpha value is -15.2. The van der Waals surface area contributed by atoms with Gasteiger partial charge in [-0.2, -0.15) is 0 Å². The van der Waals surface area contributed by atoms with Crippen molar-refractivity contribution in [2.45, 2.75) is 93.9 Å². The van der Waals surface area contributed by atoms with Crippen LogP contribution in [0.2, 0.25) is 0 Å². The zero-order valence-corrected chi connectivity index (χ0v) is 75.1. The highest BCUT2D eigenvalue weighted by molar-refractivity contribution is 5.86. The molecule has 0 saturated heterocycles. The van der Waals surface area contributed by atoms with Gasteiger partial charge in [-0.25, -0.2) is 27.4 Å². The van der Waals surface area contributed by atoms with Gasteiger partial charge in [-0.3, -0.25) is 19.9 Å². The fourth-order valence-corrected chi connectivity index (χ4v) is 19.7. The lowest BCUT2D eigenvalue weighted by Gasteiger charge is -2.09. The van der Waals surface area contributed by atoms with Gasteiger partial charge in [-0.05, 0) is 183 Å². The molecule has 0 aliphatic heterocycles. The van der Waals surface area contributed by atoms with Crippen molar-refractivity contribution in [3.8, 4) is 135 Å². The van der Waals surface area contributed by atoms with Crippen molar-refractivity contribution in [2.24, 2.45) is 42.3 Å². The van der Waals surface area contributed by atoms with Gasteiger partial charge in [0, 0.05) is 142 Å². The molecule has 0 saturated carbocycles. The highest BCUT2D eigenvalue weighted by atomic mass is 15.0. The second kappa shape index (κ2) is 34.8. The first kappa shape index (κ1) is 82.4. The molecule has 0 spiro atoms. The molecule has 0 bridgehead atoms. The van der Waals surface area contributed by atoms with Gasteiger partial charge in [0.1, 0.15) is 34.2 Å². The van der Waals surface area contributed by atoms with E-state index in [1.807, 2.05) is 81.9 Å². The van der Waals surface area contributed by atoms with Crippen LogP contribution in [0.1, 0.15) is 112 Å². The number of hydrogen-bond donors (Lipinski definition) is 0. The summed E-state index contributed by atoms with van der Waals surface area (Å²) in [5.41, 5.74) is 54.9. The number of pyridine rings is 4. The van der Waals surface area contributed by atoms with E-state index >= 15 is 0 Å². The number of hydrogen-bond acceptors (Lipinski definition) is 10. The van der Waals surface area contributed by atoms with Crippen LogP contribution in [0.3, 0.4) is 0 Å². The predicted octanol–water partition coefficient (Wildman–Crippen LogP) is 18.9. The van der Waals surface area contributed by atoms with Crippen LogP contribution in [0.25, 0.3) is 135 Å². The Bertz CT molecular complexity index is 6890. The average molecular weight is 1670 g/mol. The van der Waals surface area contributed by atoms with E-state index in [1.165, 1.54) is 196 Å². The normalized spacial score (nSPS) is 12.1. The summed E-state index contributed by atoms with van der Waals surface area (Å²) in [6.07, 6.45) is 26.5. The van der Waals surface area contributed by atoms with E-state index in [1.54, 1.807) is 0 Å². The Morgan fingerprint density at radius 2 is 0.508 bits per heavy atom. The van der Waals surface area contributed by atoms with Gasteiger partial charge in [0.2, 0.25) is 0 Å². The van der Waals surface area contributed by atoms with Crippen LogP contribution in [0.5, 0.6) is 0 Å². The standard InChI is InChI=1S/C20H19N2.C19H18N3.C19H17N2.3C18H16N3/c1-13-7-4-5-9-15(13)20-18-11-17-14(2)8-6-10-16(17)19(18)21-12-22(20)3;1-12-6-4-5-7-14(12)19-16-10-17-15(9-8-13(2)21-17)18(16)20-11-22(19)3;1-13-7-3-5-9-15(13)19-17-11-14-8-4-6-10-16(14)18(17)20-12-21(19)2;1-12-6-3-4-7-13(12)18-15-10-16-14(8-5-9-19-16)17(15)20-11-21(18)2;1-12-5-3-4-6-14(12)18-16-9-13-10-19-8-7-15(13)17(16)20-11-21(18)2;1-12-5-3-4-6-14(12)18-15-9-13-7-8-19-10-16(13)17(15)20-11-21(18)2/h4-10,12H,11H2,1-3H3;4-9,11H,10H2,1-3H3;3-10,12H,11H2,1-2H3;3-9,11H,10H2,1-2H3;2*3-8,10-11H,9H2,1-2H3/q6*+1. The largest absolute Gasteiger partial charge is 0.287 e. The van der Waals surface area contributed by atoms with Crippen LogP contribution in [-0.2, 0) is 80.8 Å². The minimum atomic E-state index is 0.858. The quantitative estimate of drug-likeness (QED) is 0.147.